The van der Waals surface area contributed by atoms with Gasteiger partial charge in [0.25, 0.3) is 0 Å². The van der Waals surface area contributed by atoms with Crippen LogP contribution in [0.3, 0.4) is 0 Å². The number of halogens is 1. The highest BCUT2D eigenvalue weighted by molar-refractivity contribution is 14.0. The van der Waals surface area contributed by atoms with Crippen molar-refractivity contribution in [2.45, 2.75) is 25.8 Å². The number of hydrogen-bond donors (Lipinski definition) is 2. The summed E-state index contributed by atoms with van der Waals surface area (Å²) in [6, 6.07) is 5.72. The molecule has 0 radical (unpaired) electrons. The standard InChI is InChI=1S/C18H28N4O3.HI/c1-18(2,22-6-10-23-11-7-22)13-20-17(19)21-14-4-5-15-16(12-14)25-9-3-8-24-15;/h4-5,12H,3,6-11,13H2,1-2H3,(H3,19,20,21);1H. The number of morpholine rings is 1. The quantitative estimate of drug-likeness (QED) is 0.395. The van der Waals surface area contributed by atoms with E-state index in [1.807, 2.05) is 18.2 Å². The Morgan fingerprint density at radius 3 is 2.58 bits per heavy atom. The highest BCUT2D eigenvalue weighted by Gasteiger charge is 2.27. The number of ether oxygens (including phenoxy) is 3. The molecular weight excluding hydrogens is 447 g/mol. The van der Waals surface area contributed by atoms with Crippen LogP contribution >= 0.6 is 24.0 Å². The zero-order valence-corrected chi connectivity index (χ0v) is 17.8. The molecule has 2 aliphatic heterocycles. The molecule has 1 aromatic carbocycles. The molecule has 8 heteroatoms. The second-order valence-electron chi connectivity index (χ2n) is 6.95. The van der Waals surface area contributed by atoms with Gasteiger partial charge in [0.15, 0.2) is 17.5 Å². The van der Waals surface area contributed by atoms with Gasteiger partial charge in [0.05, 0.1) is 33.0 Å². The molecular formula is C18H29IN4O3. The Kier molecular flexibility index (Phi) is 7.78. The third kappa shape index (κ3) is 5.62. The van der Waals surface area contributed by atoms with Crippen LogP contribution in [0, 0.1) is 0 Å². The molecule has 3 N–H and O–H groups in total. The summed E-state index contributed by atoms with van der Waals surface area (Å²) in [5.74, 6) is 1.91. The molecule has 0 saturated carbocycles. The number of anilines is 1. The first-order valence-corrected chi connectivity index (χ1v) is 8.84. The number of hydrogen-bond acceptors (Lipinski definition) is 5. The van der Waals surface area contributed by atoms with Gasteiger partial charge in [-0.1, -0.05) is 0 Å². The summed E-state index contributed by atoms with van der Waals surface area (Å²) in [6.45, 7) is 9.74. The molecule has 0 spiro atoms. The van der Waals surface area contributed by atoms with Gasteiger partial charge in [0.2, 0.25) is 0 Å². The van der Waals surface area contributed by atoms with Gasteiger partial charge >= 0.3 is 0 Å². The number of nitrogens with two attached hydrogens (primary N) is 1. The molecule has 1 saturated heterocycles. The summed E-state index contributed by atoms with van der Waals surface area (Å²) < 4.78 is 16.8. The second-order valence-corrected chi connectivity index (χ2v) is 6.95. The summed E-state index contributed by atoms with van der Waals surface area (Å²) in [5, 5.41) is 3.14. The lowest BCUT2D eigenvalue weighted by molar-refractivity contribution is -0.00680. The van der Waals surface area contributed by atoms with Crippen molar-refractivity contribution in [3.8, 4) is 11.5 Å². The predicted molar refractivity (Wildman–Crippen MR) is 114 cm³/mol. The van der Waals surface area contributed by atoms with E-state index in [9.17, 15) is 0 Å². The molecule has 3 rings (SSSR count). The average Bonchev–Trinajstić information content (AvgIpc) is 2.86. The fraction of sp³-hybridized carbons (Fsp3) is 0.611. The van der Waals surface area contributed by atoms with Crippen LogP contribution in [0.1, 0.15) is 20.3 Å². The number of rotatable bonds is 4. The minimum atomic E-state index is -0.0548. The smallest absolute Gasteiger partial charge is 0.193 e. The molecule has 1 fully saturated rings. The number of benzene rings is 1. The van der Waals surface area contributed by atoms with Gasteiger partial charge in [-0.25, -0.2) is 0 Å². The lowest BCUT2D eigenvalue weighted by atomic mass is 10.0. The van der Waals surface area contributed by atoms with Crippen LogP contribution < -0.4 is 20.5 Å². The molecule has 0 bridgehead atoms. The van der Waals surface area contributed by atoms with E-state index in [0.717, 1.165) is 49.9 Å². The number of nitrogens with one attached hydrogen (secondary N) is 1. The van der Waals surface area contributed by atoms with Crippen molar-refractivity contribution >= 4 is 35.6 Å². The zero-order valence-electron chi connectivity index (χ0n) is 15.5. The Morgan fingerprint density at radius 1 is 1.15 bits per heavy atom. The first-order chi connectivity index (χ1) is 12.0. The van der Waals surface area contributed by atoms with E-state index in [-0.39, 0.29) is 29.5 Å². The maximum absolute atomic E-state index is 6.07. The molecule has 0 amide bonds. The summed E-state index contributed by atoms with van der Waals surface area (Å²) in [4.78, 5) is 6.92. The molecule has 2 heterocycles. The van der Waals surface area contributed by atoms with Gasteiger partial charge in [0, 0.05) is 36.8 Å². The highest BCUT2D eigenvalue weighted by atomic mass is 127. The third-order valence-corrected chi connectivity index (χ3v) is 4.52. The molecule has 0 aromatic heterocycles. The second kappa shape index (κ2) is 9.61. The maximum atomic E-state index is 6.07. The zero-order chi connectivity index (χ0) is 17.7. The third-order valence-electron chi connectivity index (χ3n) is 4.52. The van der Waals surface area contributed by atoms with Gasteiger partial charge in [-0.2, -0.15) is 0 Å². The number of nitrogens with zero attached hydrogens (tertiary/aromatic N) is 2. The monoisotopic (exact) mass is 476 g/mol. The number of guanidine groups is 1. The van der Waals surface area contributed by atoms with E-state index in [0.29, 0.717) is 25.7 Å². The fourth-order valence-electron chi connectivity index (χ4n) is 2.98. The van der Waals surface area contributed by atoms with Gasteiger partial charge in [-0.05, 0) is 26.0 Å². The van der Waals surface area contributed by atoms with Crippen molar-refractivity contribution in [3.63, 3.8) is 0 Å². The summed E-state index contributed by atoms with van der Waals surface area (Å²) in [6.07, 6.45) is 0.887. The lowest BCUT2D eigenvalue weighted by Gasteiger charge is -2.39. The van der Waals surface area contributed by atoms with Gasteiger partial charge < -0.3 is 25.3 Å². The van der Waals surface area contributed by atoms with Gasteiger partial charge in [0.1, 0.15) is 0 Å². The Hall–Kier alpha value is -1.26. The van der Waals surface area contributed by atoms with Crippen LogP contribution in [0.4, 0.5) is 5.69 Å². The van der Waals surface area contributed by atoms with Crippen molar-refractivity contribution in [1.82, 2.24) is 4.90 Å². The first kappa shape index (κ1) is 21.0. The topological polar surface area (TPSA) is 81.3 Å². The van der Waals surface area contributed by atoms with E-state index in [4.69, 9.17) is 19.9 Å². The first-order valence-electron chi connectivity index (χ1n) is 8.84. The van der Waals surface area contributed by atoms with Crippen molar-refractivity contribution in [2.24, 2.45) is 10.7 Å². The van der Waals surface area contributed by atoms with Gasteiger partial charge in [-0.3, -0.25) is 9.89 Å². The van der Waals surface area contributed by atoms with Crippen LogP contribution in [-0.4, -0.2) is 62.5 Å². The molecule has 2 aliphatic rings. The normalized spacial score (nSPS) is 18.6. The maximum Gasteiger partial charge on any atom is 0.193 e. The average molecular weight is 476 g/mol. The van der Waals surface area contributed by atoms with Gasteiger partial charge in [-0.15, -0.1) is 24.0 Å². The van der Waals surface area contributed by atoms with Crippen molar-refractivity contribution in [1.29, 1.82) is 0 Å². The van der Waals surface area contributed by atoms with Crippen LogP contribution in [-0.2, 0) is 4.74 Å². The summed E-state index contributed by atoms with van der Waals surface area (Å²) in [5.41, 5.74) is 6.86. The molecule has 7 nitrogen and oxygen atoms in total. The largest absolute Gasteiger partial charge is 0.490 e. The summed E-state index contributed by atoms with van der Waals surface area (Å²) in [7, 11) is 0. The van der Waals surface area contributed by atoms with Crippen LogP contribution in [0.5, 0.6) is 11.5 Å². The Balaban J connectivity index is 0.00000243. The van der Waals surface area contributed by atoms with E-state index < -0.39 is 0 Å². The molecule has 0 atom stereocenters. The predicted octanol–water partition coefficient (Wildman–Crippen LogP) is 2.30. The summed E-state index contributed by atoms with van der Waals surface area (Å²) >= 11 is 0. The SMILES string of the molecule is CC(C)(CN=C(N)Nc1ccc2c(c1)OCCCO2)N1CCOCC1.I. The van der Waals surface area contributed by atoms with Crippen molar-refractivity contribution in [2.75, 3.05) is 51.4 Å². The fourth-order valence-corrected chi connectivity index (χ4v) is 2.98. The lowest BCUT2D eigenvalue weighted by Crippen LogP contribution is -2.51. The van der Waals surface area contributed by atoms with Crippen LogP contribution in [0.2, 0.25) is 0 Å². The Labute approximate surface area is 172 Å². The van der Waals surface area contributed by atoms with Crippen LogP contribution in [0.15, 0.2) is 23.2 Å². The van der Waals surface area contributed by atoms with E-state index in [1.54, 1.807) is 0 Å². The molecule has 146 valence electrons. The number of aliphatic imine (C=N–C) groups is 1. The Bertz CT molecular complexity index is 618. The number of fused-ring (bicyclic) bond motifs is 1. The minimum absolute atomic E-state index is 0. The van der Waals surface area contributed by atoms with E-state index >= 15 is 0 Å². The molecule has 0 unspecified atom stereocenters. The van der Waals surface area contributed by atoms with Crippen molar-refractivity contribution < 1.29 is 14.2 Å². The highest BCUT2D eigenvalue weighted by Crippen LogP contribution is 2.32. The van der Waals surface area contributed by atoms with E-state index in [1.165, 1.54) is 0 Å². The molecule has 26 heavy (non-hydrogen) atoms. The Morgan fingerprint density at radius 2 is 1.85 bits per heavy atom. The van der Waals surface area contributed by atoms with Crippen molar-refractivity contribution in [3.05, 3.63) is 18.2 Å². The molecule has 0 aliphatic carbocycles. The minimum Gasteiger partial charge on any atom is -0.490 e. The molecule has 1 aromatic rings. The van der Waals surface area contributed by atoms with Crippen LogP contribution in [0.25, 0.3) is 0 Å². The van der Waals surface area contributed by atoms with E-state index in [2.05, 4.69) is 29.1 Å².